The van der Waals surface area contributed by atoms with E-state index < -0.39 is 10.0 Å². The standard InChI is InChI=1S/C19H23ClN2O4S/c1-26-14-15-6-3-8-17(12-15)21-19(23)10-5-11-22(27(2,24)25)18-9-4-7-16(20)13-18/h3-4,6-9,12-13H,5,10-11,14H2,1-2H3,(H,21,23). The fraction of sp³-hybridized carbons (Fsp3) is 0.316. The van der Waals surface area contributed by atoms with Gasteiger partial charge in [-0.3, -0.25) is 9.10 Å². The van der Waals surface area contributed by atoms with Crippen molar-refractivity contribution in [3.05, 3.63) is 59.1 Å². The summed E-state index contributed by atoms with van der Waals surface area (Å²) in [5.41, 5.74) is 2.13. The van der Waals surface area contributed by atoms with Crippen molar-refractivity contribution < 1.29 is 17.9 Å². The summed E-state index contributed by atoms with van der Waals surface area (Å²) in [5, 5.41) is 3.27. The number of benzene rings is 2. The molecule has 146 valence electrons. The molecule has 0 radical (unpaired) electrons. The van der Waals surface area contributed by atoms with Crippen LogP contribution in [0, 0.1) is 0 Å². The molecule has 0 saturated carbocycles. The van der Waals surface area contributed by atoms with E-state index in [4.69, 9.17) is 16.3 Å². The number of nitrogens with zero attached hydrogens (tertiary/aromatic N) is 1. The molecule has 1 amide bonds. The van der Waals surface area contributed by atoms with E-state index in [9.17, 15) is 13.2 Å². The van der Waals surface area contributed by atoms with E-state index in [0.717, 1.165) is 11.8 Å². The molecule has 0 spiro atoms. The first kappa shape index (κ1) is 21.2. The Kier molecular flexibility index (Phi) is 7.65. The molecule has 2 aromatic rings. The zero-order valence-electron chi connectivity index (χ0n) is 15.3. The summed E-state index contributed by atoms with van der Waals surface area (Å²) >= 11 is 5.95. The van der Waals surface area contributed by atoms with Crippen molar-refractivity contribution in [2.75, 3.05) is 29.5 Å². The van der Waals surface area contributed by atoms with Crippen molar-refractivity contribution in [3.8, 4) is 0 Å². The normalized spacial score (nSPS) is 11.2. The van der Waals surface area contributed by atoms with E-state index in [0.29, 0.717) is 29.4 Å². The van der Waals surface area contributed by atoms with Gasteiger partial charge in [-0.2, -0.15) is 0 Å². The van der Waals surface area contributed by atoms with Gasteiger partial charge in [0.15, 0.2) is 0 Å². The van der Waals surface area contributed by atoms with Crippen LogP contribution < -0.4 is 9.62 Å². The summed E-state index contributed by atoms with van der Waals surface area (Å²) in [7, 11) is -1.86. The Morgan fingerprint density at radius 3 is 2.59 bits per heavy atom. The van der Waals surface area contributed by atoms with E-state index in [2.05, 4.69) is 5.32 Å². The molecule has 2 rings (SSSR count). The summed E-state index contributed by atoms with van der Waals surface area (Å²) < 4.78 is 30.5. The maximum absolute atomic E-state index is 12.2. The van der Waals surface area contributed by atoms with E-state index in [1.165, 1.54) is 4.31 Å². The molecule has 0 aliphatic carbocycles. The number of anilines is 2. The Bertz CT molecular complexity index is 887. The second-order valence-electron chi connectivity index (χ2n) is 6.10. The third-order valence-electron chi connectivity index (χ3n) is 3.78. The summed E-state index contributed by atoms with van der Waals surface area (Å²) in [4.78, 5) is 12.2. The smallest absolute Gasteiger partial charge is 0.232 e. The first-order valence-electron chi connectivity index (χ1n) is 8.40. The van der Waals surface area contributed by atoms with Gasteiger partial charge in [-0.15, -0.1) is 0 Å². The van der Waals surface area contributed by atoms with Gasteiger partial charge in [-0.05, 0) is 42.3 Å². The number of rotatable bonds is 9. The molecular weight excluding hydrogens is 388 g/mol. The minimum atomic E-state index is -3.47. The highest BCUT2D eigenvalue weighted by Gasteiger charge is 2.17. The molecule has 0 bridgehead atoms. The van der Waals surface area contributed by atoms with E-state index in [1.807, 2.05) is 18.2 Å². The molecule has 27 heavy (non-hydrogen) atoms. The summed E-state index contributed by atoms with van der Waals surface area (Å²) in [5.74, 6) is -0.177. The maximum atomic E-state index is 12.2. The number of carbonyl (C=O) groups excluding carboxylic acids is 1. The first-order valence-corrected chi connectivity index (χ1v) is 10.6. The predicted molar refractivity (Wildman–Crippen MR) is 109 cm³/mol. The van der Waals surface area contributed by atoms with Gasteiger partial charge in [0.05, 0.1) is 18.6 Å². The Morgan fingerprint density at radius 2 is 1.93 bits per heavy atom. The second-order valence-corrected chi connectivity index (χ2v) is 8.44. The molecule has 0 saturated heterocycles. The summed E-state index contributed by atoms with van der Waals surface area (Å²) in [6.07, 6.45) is 1.71. The molecule has 0 aliphatic rings. The van der Waals surface area contributed by atoms with Gasteiger partial charge < -0.3 is 10.1 Å². The number of halogens is 1. The molecule has 8 heteroatoms. The lowest BCUT2D eigenvalue weighted by Crippen LogP contribution is -2.31. The molecule has 0 heterocycles. The molecule has 0 aromatic heterocycles. The van der Waals surface area contributed by atoms with Crippen molar-refractivity contribution in [2.45, 2.75) is 19.4 Å². The van der Waals surface area contributed by atoms with Crippen molar-refractivity contribution in [1.29, 1.82) is 0 Å². The molecule has 0 atom stereocenters. The minimum Gasteiger partial charge on any atom is -0.380 e. The minimum absolute atomic E-state index is 0.177. The van der Waals surface area contributed by atoms with Crippen LogP contribution in [0.25, 0.3) is 0 Å². The lowest BCUT2D eigenvalue weighted by atomic mass is 10.2. The predicted octanol–water partition coefficient (Wildman–Crippen LogP) is 3.67. The molecule has 0 aliphatic heterocycles. The van der Waals surface area contributed by atoms with Crippen molar-refractivity contribution >= 4 is 38.9 Å². The van der Waals surface area contributed by atoms with Crippen molar-refractivity contribution in [1.82, 2.24) is 0 Å². The van der Waals surface area contributed by atoms with Gasteiger partial charge in [-0.25, -0.2) is 8.42 Å². The lowest BCUT2D eigenvalue weighted by molar-refractivity contribution is -0.116. The van der Waals surface area contributed by atoms with Gasteiger partial charge >= 0.3 is 0 Å². The number of ether oxygens (including phenoxy) is 1. The lowest BCUT2D eigenvalue weighted by Gasteiger charge is -2.22. The number of nitrogens with one attached hydrogen (secondary N) is 1. The van der Waals surface area contributed by atoms with Crippen LogP contribution in [0.1, 0.15) is 18.4 Å². The zero-order chi connectivity index (χ0) is 19.9. The Morgan fingerprint density at radius 1 is 1.19 bits per heavy atom. The molecule has 0 fully saturated rings. The number of hydrogen-bond donors (Lipinski definition) is 1. The first-order chi connectivity index (χ1) is 12.8. The number of hydrogen-bond acceptors (Lipinski definition) is 4. The SMILES string of the molecule is COCc1cccc(NC(=O)CCCN(c2cccc(Cl)c2)S(C)(=O)=O)c1. The van der Waals surface area contributed by atoms with E-state index >= 15 is 0 Å². The Labute approximate surface area is 165 Å². The quantitative estimate of drug-likeness (QED) is 0.684. The zero-order valence-corrected chi connectivity index (χ0v) is 16.9. The number of methoxy groups -OCH3 is 1. The highest BCUT2D eigenvalue weighted by Crippen LogP contribution is 2.22. The molecule has 0 unspecified atom stereocenters. The van der Waals surface area contributed by atoms with Crippen LogP contribution in [0.4, 0.5) is 11.4 Å². The van der Waals surface area contributed by atoms with E-state index in [-0.39, 0.29) is 18.9 Å². The van der Waals surface area contributed by atoms with Crippen LogP contribution in [-0.4, -0.2) is 34.2 Å². The number of carbonyl (C=O) groups is 1. The molecule has 6 nitrogen and oxygen atoms in total. The van der Waals surface area contributed by atoms with Crippen LogP contribution in [0.5, 0.6) is 0 Å². The highest BCUT2D eigenvalue weighted by molar-refractivity contribution is 7.92. The second kappa shape index (κ2) is 9.73. The average molecular weight is 411 g/mol. The summed E-state index contributed by atoms with van der Waals surface area (Å²) in [6.45, 7) is 0.656. The largest absolute Gasteiger partial charge is 0.380 e. The fourth-order valence-electron chi connectivity index (χ4n) is 2.63. The van der Waals surface area contributed by atoms with Gasteiger partial charge in [0, 0.05) is 30.8 Å². The molecule has 2 aromatic carbocycles. The third kappa shape index (κ3) is 6.86. The van der Waals surface area contributed by atoms with Crippen LogP contribution in [-0.2, 0) is 26.2 Å². The van der Waals surface area contributed by atoms with Gasteiger partial charge in [0.1, 0.15) is 0 Å². The van der Waals surface area contributed by atoms with Gasteiger partial charge in [0.25, 0.3) is 0 Å². The van der Waals surface area contributed by atoms with Crippen LogP contribution in [0.15, 0.2) is 48.5 Å². The maximum Gasteiger partial charge on any atom is 0.232 e. The van der Waals surface area contributed by atoms with Crippen molar-refractivity contribution in [3.63, 3.8) is 0 Å². The Balaban J connectivity index is 1.94. The molecular formula is C19H23ClN2O4S. The topological polar surface area (TPSA) is 75.7 Å². The third-order valence-corrected chi connectivity index (χ3v) is 5.21. The van der Waals surface area contributed by atoms with Crippen LogP contribution in [0.3, 0.4) is 0 Å². The van der Waals surface area contributed by atoms with Gasteiger partial charge in [0.2, 0.25) is 15.9 Å². The van der Waals surface area contributed by atoms with Crippen LogP contribution in [0.2, 0.25) is 5.02 Å². The Hall–Kier alpha value is -2.09. The highest BCUT2D eigenvalue weighted by atomic mass is 35.5. The van der Waals surface area contributed by atoms with Crippen LogP contribution >= 0.6 is 11.6 Å². The average Bonchev–Trinajstić information content (AvgIpc) is 2.58. The van der Waals surface area contributed by atoms with Gasteiger partial charge in [-0.1, -0.05) is 29.8 Å². The summed E-state index contributed by atoms with van der Waals surface area (Å²) in [6, 6.07) is 14.0. The van der Waals surface area contributed by atoms with Crippen molar-refractivity contribution in [2.24, 2.45) is 0 Å². The molecule has 1 N–H and O–H groups in total. The number of sulfonamides is 1. The fourth-order valence-corrected chi connectivity index (χ4v) is 3.77. The monoisotopic (exact) mass is 410 g/mol. The number of amides is 1. The van der Waals surface area contributed by atoms with E-state index in [1.54, 1.807) is 37.4 Å².